The van der Waals surface area contributed by atoms with E-state index in [-0.39, 0.29) is 5.60 Å². The highest BCUT2D eigenvalue weighted by Gasteiger charge is 2.44. The first kappa shape index (κ1) is 15.1. The van der Waals surface area contributed by atoms with Gasteiger partial charge >= 0.3 is 0 Å². The Morgan fingerprint density at radius 1 is 1.38 bits per heavy atom. The number of ether oxygens (including phenoxy) is 1. The highest BCUT2D eigenvalue weighted by molar-refractivity contribution is 5.26. The minimum atomic E-state index is 0.235. The number of nitrogens with one attached hydrogen (secondary N) is 1. The second-order valence-electron chi connectivity index (χ2n) is 6.98. The van der Waals surface area contributed by atoms with Gasteiger partial charge in [0, 0.05) is 12.6 Å². The molecule has 0 aromatic heterocycles. The van der Waals surface area contributed by atoms with E-state index in [0.29, 0.717) is 12.0 Å². The van der Waals surface area contributed by atoms with Crippen LogP contribution in [-0.2, 0) is 4.74 Å². The van der Waals surface area contributed by atoms with Gasteiger partial charge in [-0.15, -0.1) is 0 Å². The minimum absolute atomic E-state index is 0.235. The fourth-order valence-corrected chi connectivity index (χ4v) is 3.99. The molecule has 0 radical (unpaired) electrons. The van der Waals surface area contributed by atoms with Crippen molar-refractivity contribution in [2.75, 3.05) is 13.2 Å². The number of hydrogen-bond donors (Lipinski definition) is 1. The first-order chi connectivity index (χ1) is 10.2. The quantitative estimate of drug-likeness (QED) is 0.867. The van der Waals surface area contributed by atoms with Crippen LogP contribution in [0.2, 0.25) is 0 Å². The van der Waals surface area contributed by atoms with Crippen LogP contribution in [-0.4, -0.2) is 18.8 Å². The fourth-order valence-electron chi connectivity index (χ4n) is 3.99. The summed E-state index contributed by atoms with van der Waals surface area (Å²) in [5, 5.41) is 3.81. The third kappa shape index (κ3) is 3.32. The van der Waals surface area contributed by atoms with Crippen molar-refractivity contribution in [1.29, 1.82) is 0 Å². The highest BCUT2D eigenvalue weighted by Crippen LogP contribution is 2.47. The van der Waals surface area contributed by atoms with E-state index in [1.165, 1.54) is 49.7 Å². The molecule has 1 aliphatic heterocycles. The maximum atomic E-state index is 6.12. The van der Waals surface area contributed by atoms with Gasteiger partial charge in [-0.25, -0.2) is 0 Å². The van der Waals surface area contributed by atoms with Crippen LogP contribution >= 0.6 is 0 Å². The van der Waals surface area contributed by atoms with Gasteiger partial charge in [-0.1, -0.05) is 36.8 Å². The van der Waals surface area contributed by atoms with Crippen molar-refractivity contribution in [1.82, 2.24) is 5.32 Å². The van der Waals surface area contributed by atoms with Crippen LogP contribution in [0, 0.1) is 12.8 Å². The Hall–Kier alpha value is -0.860. The monoisotopic (exact) mass is 287 g/mol. The van der Waals surface area contributed by atoms with Crippen molar-refractivity contribution in [2.45, 2.75) is 64.0 Å². The van der Waals surface area contributed by atoms with Crippen LogP contribution in [0.15, 0.2) is 24.3 Å². The second kappa shape index (κ2) is 6.50. The fraction of sp³-hybridized carbons (Fsp3) is 0.684. The van der Waals surface area contributed by atoms with Gasteiger partial charge in [-0.05, 0) is 63.5 Å². The van der Waals surface area contributed by atoms with Gasteiger partial charge < -0.3 is 10.1 Å². The Morgan fingerprint density at radius 2 is 2.24 bits per heavy atom. The molecule has 2 nitrogen and oxygen atoms in total. The van der Waals surface area contributed by atoms with Crippen molar-refractivity contribution in [3.63, 3.8) is 0 Å². The molecule has 116 valence electrons. The van der Waals surface area contributed by atoms with Crippen molar-refractivity contribution in [3.05, 3.63) is 35.4 Å². The van der Waals surface area contributed by atoms with Gasteiger partial charge in [0.25, 0.3) is 0 Å². The van der Waals surface area contributed by atoms with Crippen molar-refractivity contribution in [3.8, 4) is 0 Å². The lowest BCUT2D eigenvalue weighted by atomic mass is 9.69. The van der Waals surface area contributed by atoms with Gasteiger partial charge in [0.2, 0.25) is 0 Å². The molecule has 1 N–H and O–H groups in total. The molecule has 1 aromatic rings. The van der Waals surface area contributed by atoms with E-state index in [1.54, 1.807) is 0 Å². The smallest absolute Gasteiger partial charge is 0.0686 e. The molecule has 1 saturated heterocycles. The van der Waals surface area contributed by atoms with Crippen molar-refractivity contribution < 1.29 is 4.74 Å². The van der Waals surface area contributed by atoms with Crippen LogP contribution in [0.3, 0.4) is 0 Å². The normalized spacial score (nSPS) is 25.5. The summed E-state index contributed by atoms with van der Waals surface area (Å²) in [6.07, 6.45) is 7.52. The van der Waals surface area contributed by atoms with E-state index in [9.17, 15) is 0 Å². The zero-order valence-electron chi connectivity index (χ0n) is 13.5. The molecular formula is C19H29NO. The molecule has 1 saturated carbocycles. The van der Waals surface area contributed by atoms with Gasteiger partial charge in [-0.2, -0.15) is 0 Å². The summed E-state index contributed by atoms with van der Waals surface area (Å²) in [7, 11) is 0. The van der Waals surface area contributed by atoms with E-state index in [1.807, 2.05) is 0 Å². The molecule has 2 aliphatic rings. The van der Waals surface area contributed by atoms with Crippen LogP contribution in [0.1, 0.15) is 62.6 Å². The second-order valence-corrected chi connectivity index (χ2v) is 6.98. The van der Waals surface area contributed by atoms with E-state index >= 15 is 0 Å². The van der Waals surface area contributed by atoms with E-state index in [2.05, 4.69) is 43.4 Å². The molecule has 3 rings (SSSR count). The molecule has 0 bridgehead atoms. The Bertz CT molecular complexity index is 466. The predicted molar refractivity (Wildman–Crippen MR) is 87.5 cm³/mol. The van der Waals surface area contributed by atoms with Crippen LogP contribution in [0.4, 0.5) is 0 Å². The summed E-state index contributed by atoms with van der Waals surface area (Å²) in [6, 6.07) is 9.53. The third-order valence-electron chi connectivity index (χ3n) is 5.28. The molecule has 1 heterocycles. The SMILES string of the molecule is CCCNC(c1cccc(C)c1)C1CCOC2(CCC2)C1. The van der Waals surface area contributed by atoms with Crippen LogP contribution in [0.5, 0.6) is 0 Å². The lowest BCUT2D eigenvalue weighted by Crippen LogP contribution is -2.48. The Morgan fingerprint density at radius 3 is 2.90 bits per heavy atom. The topological polar surface area (TPSA) is 21.3 Å². The predicted octanol–water partition coefficient (Wildman–Crippen LogP) is 4.39. The highest BCUT2D eigenvalue weighted by atomic mass is 16.5. The van der Waals surface area contributed by atoms with E-state index in [4.69, 9.17) is 4.74 Å². The zero-order chi connectivity index (χ0) is 14.7. The largest absolute Gasteiger partial charge is 0.375 e. The number of benzene rings is 1. The summed E-state index contributed by atoms with van der Waals surface area (Å²) >= 11 is 0. The Kier molecular flexibility index (Phi) is 4.66. The molecule has 1 aromatic carbocycles. The molecule has 0 amide bonds. The van der Waals surface area contributed by atoms with E-state index < -0.39 is 0 Å². The average molecular weight is 287 g/mol. The average Bonchev–Trinajstić information content (AvgIpc) is 2.46. The first-order valence-corrected chi connectivity index (χ1v) is 8.66. The Labute approximate surface area is 129 Å². The number of hydrogen-bond acceptors (Lipinski definition) is 2. The molecule has 2 atom stereocenters. The summed E-state index contributed by atoms with van der Waals surface area (Å²) < 4.78 is 6.12. The minimum Gasteiger partial charge on any atom is -0.375 e. The summed E-state index contributed by atoms with van der Waals surface area (Å²) in [5.41, 5.74) is 3.06. The summed E-state index contributed by atoms with van der Waals surface area (Å²) in [4.78, 5) is 0. The maximum absolute atomic E-state index is 6.12. The van der Waals surface area contributed by atoms with E-state index in [0.717, 1.165) is 13.2 Å². The first-order valence-electron chi connectivity index (χ1n) is 8.66. The molecule has 1 spiro atoms. The lowest BCUT2D eigenvalue weighted by molar-refractivity contribution is -0.147. The molecule has 1 aliphatic carbocycles. The standard InChI is InChI=1S/C19H29NO/c1-3-11-20-18(16-7-4-6-15(2)13-16)17-8-12-21-19(14-17)9-5-10-19/h4,6-7,13,17-18,20H,3,5,8-12,14H2,1-2H3. The van der Waals surface area contributed by atoms with Gasteiger partial charge in [0.15, 0.2) is 0 Å². The lowest BCUT2D eigenvalue weighted by Gasteiger charge is -2.49. The van der Waals surface area contributed by atoms with Crippen LogP contribution in [0.25, 0.3) is 0 Å². The van der Waals surface area contributed by atoms with Gasteiger partial charge in [0.05, 0.1) is 5.60 Å². The Balaban J connectivity index is 1.77. The van der Waals surface area contributed by atoms with Crippen molar-refractivity contribution >= 4 is 0 Å². The molecule has 2 heteroatoms. The molecule has 2 unspecified atom stereocenters. The summed E-state index contributed by atoms with van der Waals surface area (Å²) in [5.74, 6) is 0.715. The third-order valence-corrected chi connectivity index (χ3v) is 5.28. The number of rotatable bonds is 5. The maximum Gasteiger partial charge on any atom is 0.0686 e. The zero-order valence-corrected chi connectivity index (χ0v) is 13.5. The van der Waals surface area contributed by atoms with Gasteiger partial charge in [-0.3, -0.25) is 0 Å². The molecule has 21 heavy (non-hydrogen) atoms. The molecular weight excluding hydrogens is 258 g/mol. The van der Waals surface area contributed by atoms with Crippen LogP contribution < -0.4 is 5.32 Å². The number of aryl methyl sites for hydroxylation is 1. The van der Waals surface area contributed by atoms with Crippen molar-refractivity contribution in [2.24, 2.45) is 5.92 Å². The molecule has 2 fully saturated rings. The van der Waals surface area contributed by atoms with Gasteiger partial charge in [0.1, 0.15) is 0 Å². The summed E-state index contributed by atoms with van der Waals surface area (Å²) in [6.45, 7) is 6.49.